The fraction of sp³-hybridized carbons (Fsp3) is 0.286. The molecule has 1 fully saturated rings. The number of anilines is 2. The van der Waals surface area contributed by atoms with Crippen LogP contribution >= 0.6 is 11.6 Å². The number of hydrogen-bond donors (Lipinski definition) is 2. The van der Waals surface area contributed by atoms with Crippen LogP contribution in [0.25, 0.3) is 0 Å². The summed E-state index contributed by atoms with van der Waals surface area (Å²) in [6, 6.07) is 13.8. The van der Waals surface area contributed by atoms with Crippen molar-refractivity contribution >= 4 is 40.7 Å². The van der Waals surface area contributed by atoms with Gasteiger partial charge in [0.15, 0.2) is 0 Å². The van der Waals surface area contributed by atoms with E-state index in [1.807, 2.05) is 6.92 Å². The van der Waals surface area contributed by atoms with Gasteiger partial charge in [0.1, 0.15) is 0 Å². The van der Waals surface area contributed by atoms with E-state index in [-0.39, 0.29) is 30.7 Å². The molecule has 0 aromatic heterocycles. The molecule has 0 saturated carbocycles. The van der Waals surface area contributed by atoms with Crippen molar-refractivity contribution in [2.45, 2.75) is 19.8 Å². The third-order valence-electron chi connectivity index (χ3n) is 4.58. The lowest BCUT2D eigenvalue weighted by atomic mass is 10.1. The second-order valence-electron chi connectivity index (χ2n) is 6.68. The third kappa shape index (κ3) is 4.51. The van der Waals surface area contributed by atoms with Crippen molar-refractivity contribution in [3.63, 3.8) is 0 Å². The predicted octanol–water partition coefficient (Wildman–Crippen LogP) is 3.47. The van der Waals surface area contributed by atoms with Crippen LogP contribution in [-0.4, -0.2) is 30.8 Å². The minimum atomic E-state index is -0.502. The van der Waals surface area contributed by atoms with Crippen molar-refractivity contribution < 1.29 is 14.4 Å². The van der Waals surface area contributed by atoms with E-state index in [1.165, 1.54) is 0 Å². The highest BCUT2D eigenvalue weighted by atomic mass is 35.5. The Balaban J connectivity index is 1.71. The fourth-order valence-electron chi connectivity index (χ4n) is 3.14. The van der Waals surface area contributed by atoms with Gasteiger partial charge in [0, 0.05) is 30.2 Å². The summed E-state index contributed by atoms with van der Waals surface area (Å²) in [4.78, 5) is 39.0. The summed E-state index contributed by atoms with van der Waals surface area (Å²) < 4.78 is 0. The molecule has 1 aliphatic rings. The van der Waals surface area contributed by atoms with Gasteiger partial charge in [-0.3, -0.25) is 14.4 Å². The van der Waals surface area contributed by atoms with Gasteiger partial charge in [-0.2, -0.15) is 0 Å². The summed E-state index contributed by atoms with van der Waals surface area (Å²) in [5, 5.41) is 6.15. The van der Waals surface area contributed by atoms with E-state index in [9.17, 15) is 14.4 Å². The largest absolute Gasteiger partial charge is 0.352 e. The summed E-state index contributed by atoms with van der Waals surface area (Å²) in [5.74, 6) is -1.15. The number of rotatable bonds is 6. The normalized spacial score (nSPS) is 16.1. The molecular weight excluding hydrogens is 378 g/mol. The first-order valence-electron chi connectivity index (χ1n) is 9.23. The molecule has 0 radical (unpaired) electrons. The number of hydrogen-bond acceptors (Lipinski definition) is 3. The van der Waals surface area contributed by atoms with E-state index >= 15 is 0 Å². The van der Waals surface area contributed by atoms with E-state index in [4.69, 9.17) is 11.6 Å². The predicted molar refractivity (Wildman–Crippen MR) is 110 cm³/mol. The average Bonchev–Trinajstić information content (AvgIpc) is 3.08. The monoisotopic (exact) mass is 399 g/mol. The molecule has 7 heteroatoms. The minimum absolute atomic E-state index is 0.114. The van der Waals surface area contributed by atoms with Crippen LogP contribution in [0.2, 0.25) is 5.02 Å². The summed E-state index contributed by atoms with van der Waals surface area (Å²) in [6.07, 6.45) is 0.937. The van der Waals surface area contributed by atoms with Crippen LogP contribution < -0.4 is 15.5 Å². The van der Waals surface area contributed by atoms with Gasteiger partial charge >= 0.3 is 0 Å². The summed E-state index contributed by atoms with van der Waals surface area (Å²) in [7, 11) is 0. The maximum atomic E-state index is 12.7. The molecule has 3 amide bonds. The van der Waals surface area contributed by atoms with Crippen molar-refractivity contribution in [3.05, 3.63) is 59.1 Å². The maximum absolute atomic E-state index is 12.7. The Morgan fingerprint density at radius 3 is 2.71 bits per heavy atom. The standard InChI is InChI=1S/C21H22ClN3O3/c1-2-10-23-21(28)17-8-3-4-9-18(17)24-20(27)14-11-19(26)25(13-14)16-7-5-6-15(22)12-16/h3-9,12,14H,2,10-11,13H2,1H3,(H,23,28)(H,24,27)/t14-/m1/s1. The molecule has 1 atom stereocenters. The van der Waals surface area contributed by atoms with Gasteiger partial charge in [0.05, 0.1) is 17.2 Å². The Bertz CT molecular complexity index is 900. The van der Waals surface area contributed by atoms with E-state index < -0.39 is 5.92 Å². The highest BCUT2D eigenvalue weighted by Crippen LogP contribution is 2.28. The number of nitrogens with one attached hydrogen (secondary N) is 2. The average molecular weight is 400 g/mol. The second kappa shape index (κ2) is 8.89. The van der Waals surface area contributed by atoms with Crippen LogP contribution in [0.4, 0.5) is 11.4 Å². The Kier molecular flexibility index (Phi) is 6.31. The fourth-order valence-corrected chi connectivity index (χ4v) is 3.32. The van der Waals surface area contributed by atoms with E-state index in [0.29, 0.717) is 28.5 Å². The topological polar surface area (TPSA) is 78.5 Å². The van der Waals surface area contributed by atoms with Crippen molar-refractivity contribution in [1.82, 2.24) is 5.32 Å². The third-order valence-corrected chi connectivity index (χ3v) is 4.82. The lowest BCUT2D eigenvalue weighted by Gasteiger charge is -2.17. The highest BCUT2D eigenvalue weighted by molar-refractivity contribution is 6.31. The second-order valence-corrected chi connectivity index (χ2v) is 7.11. The maximum Gasteiger partial charge on any atom is 0.253 e. The van der Waals surface area contributed by atoms with Crippen LogP contribution in [0, 0.1) is 5.92 Å². The molecule has 0 aliphatic carbocycles. The van der Waals surface area contributed by atoms with Gasteiger partial charge in [-0.15, -0.1) is 0 Å². The zero-order chi connectivity index (χ0) is 20.1. The summed E-state index contributed by atoms with van der Waals surface area (Å²) in [5.41, 5.74) is 1.52. The smallest absolute Gasteiger partial charge is 0.253 e. The van der Waals surface area contributed by atoms with Gasteiger partial charge < -0.3 is 15.5 Å². The van der Waals surface area contributed by atoms with Gasteiger partial charge in [0.2, 0.25) is 11.8 Å². The van der Waals surface area contributed by atoms with Crippen LogP contribution in [0.3, 0.4) is 0 Å². The van der Waals surface area contributed by atoms with E-state index in [0.717, 1.165) is 6.42 Å². The van der Waals surface area contributed by atoms with Gasteiger partial charge in [-0.25, -0.2) is 0 Å². The van der Waals surface area contributed by atoms with Gasteiger partial charge in [0.25, 0.3) is 5.91 Å². The molecule has 3 rings (SSSR count). The summed E-state index contributed by atoms with van der Waals surface area (Å²) in [6.45, 7) is 2.80. The van der Waals surface area contributed by atoms with Crippen molar-refractivity contribution in [2.24, 2.45) is 5.92 Å². The first-order chi connectivity index (χ1) is 13.5. The van der Waals surface area contributed by atoms with Crippen molar-refractivity contribution in [1.29, 1.82) is 0 Å². The number of halogens is 1. The molecular formula is C21H22ClN3O3. The summed E-state index contributed by atoms with van der Waals surface area (Å²) >= 11 is 6.01. The Morgan fingerprint density at radius 1 is 1.18 bits per heavy atom. The van der Waals surface area contributed by atoms with Crippen molar-refractivity contribution in [2.75, 3.05) is 23.3 Å². The van der Waals surface area contributed by atoms with Crippen LogP contribution in [0.15, 0.2) is 48.5 Å². The molecule has 0 bridgehead atoms. The quantitative estimate of drug-likeness (QED) is 0.780. The zero-order valence-electron chi connectivity index (χ0n) is 15.6. The molecule has 6 nitrogen and oxygen atoms in total. The SMILES string of the molecule is CCCNC(=O)c1ccccc1NC(=O)[C@@H]1CC(=O)N(c2cccc(Cl)c2)C1. The van der Waals surface area contributed by atoms with Gasteiger partial charge in [-0.05, 0) is 36.8 Å². The molecule has 1 aliphatic heterocycles. The number of carbonyl (C=O) groups excluding carboxylic acids is 3. The number of carbonyl (C=O) groups is 3. The Hall–Kier alpha value is -2.86. The number of nitrogens with zero attached hydrogens (tertiary/aromatic N) is 1. The number of amides is 3. The number of para-hydroxylation sites is 1. The van der Waals surface area contributed by atoms with Crippen molar-refractivity contribution in [3.8, 4) is 0 Å². The van der Waals surface area contributed by atoms with E-state index in [1.54, 1.807) is 53.4 Å². The lowest BCUT2D eigenvalue weighted by molar-refractivity contribution is -0.122. The molecule has 1 heterocycles. The Morgan fingerprint density at radius 2 is 1.96 bits per heavy atom. The van der Waals surface area contributed by atoms with Crippen LogP contribution in [0.1, 0.15) is 30.1 Å². The number of benzene rings is 2. The molecule has 0 spiro atoms. The van der Waals surface area contributed by atoms with Crippen LogP contribution in [0.5, 0.6) is 0 Å². The van der Waals surface area contributed by atoms with Crippen LogP contribution in [-0.2, 0) is 9.59 Å². The zero-order valence-corrected chi connectivity index (χ0v) is 16.3. The lowest BCUT2D eigenvalue weighted by Crippen LogP contribution is -2.29. The first-order valence-corrected chi connectivity index (χ1v) is 9.61. The van der Waals surface area contributed by atoms with Gasteiger partial charge in [-0.1, -0.05) is 36.7 Å². The molecule has 0 unspecified atom stereocenters. The molecule has 28 heavy (non-hydrogen) atoms. The Labute approximate surface area is 168 Å². The molecule has 2 N–H and O–H groups in total. The minimum Gasteiger partial charge on any atom is -0.352 e. The molecule has 2 aromatic carbocycles. The first kappa shape index (κ1) is 19.9. The molecule has 2 aromatic rings. The van der Waals surface area contributed by atoms with E-state index in [2.05, 4.69) is 10.6 Å². The highest BCUT2D eigenvalue weighted by Gasteiger charge is 2.35. The molecule has 146 valence electrons. The molecule has 1 saturated heterocycles.